The zero-order valence-corrected chi connectivity index (χ0v) is 7.92. The molecule has 0 aromatic rings. The van der Waals surface area contributed by atoms with E-state index in [0.29, 0.717) is 0 Å². The van der Waals surface area contributed by atoms with Crippen LogP contribution < -0.4 is 0 Å². The van der Waals surface area contributed by atoms with Crippen molar-refractivity contribution in [3.8, 4) is 0 Å². The van der Waals surface area contributed by atoms with Crippen LogP contribution in [0.5, 0.6) is 0 Å². The molecular weight excluding hydrogens is 152 g/mol. The van der Waals surface area contributed by atoms with Crippen LogP contribution in [0.15, 0.2) is 11.6 Å². The van der Waals surface area contributed by atoms with Crippen molar-refractivity contribution in [3.05, 3.63) is 11.6 Å². The predicted octanol–water partition coefficient (Wildman–Crippen LogP) is 1.54. The van der Waals surface area contributed by atoms with Crippen molar-refractivity contribution in [2.24, 2.45) is 10.8 Å². The lowest BCUT2D eigenvalue weighted by Crippen LogP contribution is -2.34. The highest BCUT2D eigenvalue weighted by Crippen LogP contribution is 2.50. The fourth-order valence-corrected chi connectivity index (χ4v) is 1.67. The Morgan fingerprint density at radius 3 is 2.42 bits per heavy atom. The first-order valence-electron chi connectivity index (χ1n) is 4.24. The second-order valence-electron chi connectivity index (χ2n) is 4.25. The van der Waals surface area contributed by atoms with E-state index in [1.54, 1.807) is 0 Å². The van der Waals surface area contributed by atoms with Crippen molar-refractivity contribution in [2.75, 3.05) is 6.61 Å². The number of hydrogen-bond acceptors (Lipinski definition) is 2. The Kier molecular flexibility index (Phi) is 2.13. The maximum atomic E-state index is 10.9. The van der Waals surface area contributed by atoms with Crippen LogP contribution in [0.25, 0.3) is 0 Å². The summed E-state index contributed by atoms with van der Waals surface area (Å²) < 4.78 is 0. The second kappa shape index (κ2) is 2.70. The van der Waals surface area contributed by atoms with E-state index in [-0.39, 0.29) is 17.4 Å². The third-order valence-corrected chi connectivity index (χ3v) is 3.43. The van der Waals surface area contributed by atoms with Crippen LogP contribution in [0.1, 0.15) is 27.2 Å². The minimum atomic E-state index is -0.328. The van der Waals surface area contributed by atoms with E-state index < -0.39 is 0 Å². The molecule has 1 unspecified atom stereocenters. The van der Waals surface area contributed by atoms with Gasteiger partial charge in [-0.2, -0.15) is 0 Å². The van der Waals surface area contributed by atoms with E-state index >= 15 is 0 Å². The normalized spacial score (nSPS) is 33.2. The third-order valence-electron chi connectivity index (χ3n) is 3.43. The molecule has 0 aromatic heterocycles. The Balaban J connectivity index is 3.00. The summed E-state index contributed by atoms with van der Waals surface area (Å²) in [6, 6.07) is 0. The number of aliphatic hydroxyl groups excluding tert-OH is 1. The summed E-state index contributed by atoms with van der Waals surface area (Å²) in [6.07, 6.45) is 3.74. The first-order valence-corrected chi connectivity index (χ1v) is 4.24. The van der Waals surface area contributed by atoms with Gasteiger partial charge in [0.1, 0.15) is 6.29 Å². The third kappa shape index (κ3) is 1.02. The van der Waals surface area contributed by atoms with Crippen LogP contribution in [0.2, 0.25) is 0 Å². The fourth-order valence-electron chi connectivity index (χ4n) is 1.67. The quantitative estimate of drug-likeness (QED) is 0.501. The number of carbonyl (C=O) groups is 1. The highest BCUT2D eigenvalue weighted by Gasteiger charge is 2.46. The molecular formula is C10H16O2. The van der Waals surface area contributed by atoms with Gasteiger partial charge in [-0.1, -0.05) is 26.8 Å². The molecule has 0 spiro atoms. The van der Waals surface area contributed by atoms with Crippen LogP contribution in [-0.2, 0) is 4.79 Å². The zero-order chi connectivity index (χ0) is 9.41. The Morgan fingerprint density at radius 1 is 1.58 bits per heavy atom. The minimum absolute atomic E-state index is 0.0659. The number of rotatable bonds is 2. The van der Waals surface area contributed by atoms with Gasteiger partial charge in [-0.05, 0) is 12.0 Å². The van der Waals surface area contributed by atoms with Crippen LogP contribution >= 0.6 is 0 Å². The highest BCUT2D eigenvalue weighted by molar-refractivity contribution is 5.64. The summed E-state index contributed by atoms with van der Waals surface area (Å²) in [5.41, 5.74) is 0.464. The molecule has 0 heterocycles. The van der Waals surface area contributed by atoms with Gasteiger partial charge in [0.15, 0.2) is 0 Å². The standard InChI is InChI=1S/C10H16O2/c1-9(2)8(6-11)4-5-10(9,3)7-12/h4,7,11H,5-6H2,1-3H3. The molecule has 68 valence electrons. The molecule has 0 bridgehead atoms. The maximum Gasteiger partial charge on any atom is 0.127 e. The minimum Gasteiger partial charge on any atom is -0.392 e. The molecule has 0 fully saturated rings. The van der Waals surface area contributed by atoms with Crippen LogP contribution in [0, 0.1) is 10.8 Å². The predicted molar refractivity (Wildman–Crippen MR) is 47.7 cm³/mol. The van der Waals surface area contributed by atoms with Crippen LogP contribution in [0.4, 0.5) is 0 Å². The van der Waals surface area contributed by atoms with E-state index in [4.69, 9.17) is 5.11 Å². The largest absolute Gasteiger partial charge is 0.392 e. The van der Waals surface area contributed by atoms with Crippen molar-refractivity contribution < 1.29 is 9.90 Å². The molecule has 0 radical (unpaired) electrons. The lowest BCUT2D eigenvalue weighted by Gasteiger charge is -2.35. The van der Waals surface area contributed by atoms with E-state index in [2.05, 4.69) is 0 Å². The van der Waals surface area contributed by atoms with Gasteiger partial charge in [-0.15, -0.1) is 0 Å². The molecule has 1 rings (SSSR count). The van der Waals surface area contributed by atoms with E-state index in [9.17, 15) is 4.79 Å². The number of hydrogen-bond donors (Lipinski definition) is 1. The Morgan fingerprint density at radius 2 is 2.17 bits per heavy atom. The molecule has 0 aliphatic heterocycles. The first kappa shape index (κ1) is 9.46. The average Bonchev–Trinajstić information content (AvgIpc) is 2.25. The molecule has 2 heteroatoms. The van der Waals surface area contributed by atoms with Gasteiger partial charge in [0.25, 0.3) is 0 Å². The highest BCUT2D eigenvalue weighted by atomic mass is 16.3. The van der Waals surface area contributed by atoms with Gasteiger partial charge in [0, 0.05) is 10.8 Å². The molecule has 0 amide bonds. The SMILES string of the molecule is CC1(C=O)CC=C(CO)C1(C)C. The Hall–Kier alpha value is -0.630. The van der Waals surface area contributed by atoms with Gasteiger partial charge in [0.05, 0.1) is 6.61 Å². The van der Waals surface area contributed by atoms with E-state index in [0.717, 1.165) is 18.3 Å². The molecule has 2 nitrogen and oxygen atoms in total. The number of carbonyl (C=O) groups excluding carboxylic acids is 1. The maximum absolute atomic E-state index is 10.9. The summed E-state index contributed by atoms with van der Waals surface area (Å²) in [6.45, 7) is 6.03. The number of aliphatic hydroxyl groups is 1. The molecule has 1 N–H and O–H groups in total. The lowest BCUT2D eigenvalue weighted by molar-refractivity contribution is -0.119. The van der Waals surface area contributed by atoms with Crippen molar-refractivity contribution in [2.45, 2.75) is 27.2 Å². The van der Waals surface area contributed by atoms with E-state index in [1.165, 1.54) is 0 Å². The fraction of sp³-hybridized carbons (Fsp3) is 0.700. The number of aldehydes is 1. The summed E-state index contributed by atoms with van der Waals surface area (Å²) in [5, 5.41) is 9.05. The molecule has 0 aromatic carbocycles. The van der Waals surface area contributed by atoms with Gasteiger partial charge < -0.3 is 9.90 Å². The van der Waals surface area contributed by atoms with Gasteiger partial charge >= 0.3 is 0 Å². The molecule has 0 saturated heterocycles. The van der Waals surface area contributed by atoms with Crippen molar-refractivity contribution >= 4 is 6.29 Å². The summed E-state index contributed by atoms with van der Waals surface area (Å²) in [7, 11) is 0. The van der Waals surface area contributed by atoms with Crippen molar-refractivity contribution in [1.82, 2.24) is 0 Å². The van der Waals surface area contributed by atoms with Crippen molar-refractivity contribution in [1.29, 1.82) is 0 Å². The molecule has 0 saturated carbocycles. The Labute approximate surface area is 73.3 Å². The number of allylic oxidation sites excluding steroid dienone is 1. The lowest BCUT2D eigenvalue weighted by atomic mass is 9.67. The monoisotopic (exact) mass is 168 g/mol. The smallest absolute Gasteiger partial charge is 0.127 e. The topological polar surface area (TPSA) is 37.3 Å². The first-order chi connectivity index (χ1) is 5.48. The molecule has 12 heavy (non-hydrogen) atoms. The zero-order valence-electron chi connectivity index (χ0n) is 7.92. The van der Waals surface area contributed by atoms with Crippen LogP contribution in [-0.4, -0.2) is 18.0 Å². The molecule has 1 aliphatic rings. The Bertz CT molecular complexity index is 228. The summed E-state index contributed by atoms with van der Waals surface area (Å²) >= 11 is 0. The average molecular weight is 168 g/mol. The summed E-state index contributed by atoms with van der Waals surface area (Å²) in [5.74, 6) is 0. The van der Waals surface area contributed by atoms with Crippen molar-refractivity contribution in [3.63, 3.8) is 0 Å². The second-order valence-corrected chi connectivity index (χ2v) is 4.25. The molecule has 1 atom stereocenters. The van der Waals surface area contributed by atoms with Gasteiger partial charge in [-0.3, -0.25) is 0 Å². The van der Waals surface area contributed by atoms with Crippen LogP contribution in [0.3, 0.4) is 0 Å². The summed E-state index contributed by atoms with van der Waals surface area (Å²) in [4.78, 5) is 10.9. The van der Waals surface area contributed by atoms with E-state index in [1.807, 2.05) is 26.8 Å². The van der Waals surface area contributed by atoms with Gasteiger partial charge in [-0.25, -0.2) is 0 Å². The van der Waals surface area contributed by atoms with Gasteiger partial charge in [0.2, 0.25) is 0 Å². The molecule has 1 aliphatic carbocycles.